The van der Waals surface area contributed by atoms with E-state index in [1.807, 2.05) is 0 Å². The van der Waals surface area contributed by atoms with Crippen LogP contribution >= 0.6 is 0 Å². The smallest absolute Gasteiger partial charge is 0.0194 e. The summed E-state index contributed by atoms with van der Waals surface area (Å²) in [5.41, 5.74) is 0. The molecule has 0 amide bonds. The summed E-state index contributed by atoms with van der Waals surface area (Å²) >= 11 is 0. The van der Waals surface area contributed by atoms with Crippen molar-refractivity contribution in [1.82, 2.24) is 9.80 Å². The van der Waals surface area contributed by atoms with E-state index in [1.54, 1.807) is 0 Å². The van der Waals surface area contributed by atoms with Gasteiger partial charge in [0.1, 0.15) is 0 Å². The Morgan fingerprint density at radius 2 is 0.561 bits per heavy atom. The molecule has 0 aliphatic carbocycles. The lowest BCUT2D eigenvalue weighted by atomic mass is 10.1. The summed E-state index contributed by atoms with van der Waals surface area (Å²) in [5.74, 6) is 0. The first-order valence-electron chi connectivity index (χ1n) is 19.7. The number of hydrogen-bond donors (Lipinski definition) is 0. The Morgan fingerprint density at radius 3 is 0.854 bits per heavy atom. The molecule has 2 heteroatoms. The molecule has 0 N–H and O–H groups in total. The zero-order valence-corrected chi connectivity index (χ0v) is 29.8. The lowest BCUT2D eigenvalue weighted by molar-refractivity contribution is 0.140. The normalized spacial score (nSPS) is 12.7. The summed E-state index contributed by atoms with van der Waals surface area (Å²) in [4.78, 5) is 5.78. The van der Waals surface area contributed by atoms with Gasteiger partial charge in [-0.2, -0.15) is 0 Å². The summed E-state index contributed by atoms with van der Waals surface area (Å²) in [6.07, 6.45) is 39.9. The summed E-state index contributed by atoms with van der Waals surface area (Å²) in [5, 5.41) is 0. The van der Waals surface area contributed by atoms with E-state index >= 15 is 0 Å². The van der Waals surface area contributed by atoms with Gasteiger partial charge in [-0.05, 0) is 58.8 Å². The van der Waals surface area contributed by atoms with Crippen LogP contribution in [-0.2, 0) is 0 Å². The van der Waals surface area contributed by atoms with E-state index in [0.717, 1.165) is 0 Å². The third kappa shape index (κ3) is 29.8. The summed E-state index contributed by atoms with van der Waals surface area (Å²) in [6, 6.07) is 0.698. The van der Waals surface area contributed by atoms with Gasteiger partial charge in [0.2, 0.25) is 0 Å². The molecule has 1 atom stereocenters. The van der Waals surface area contributed by atoms with Crippen molar-refractivity contribution in [3.05, 3.63) is 0 Å². The van der Waals surface area contributed by atoms with Gasteiger partial charge in [0.15, 0.2) is 0 Å². The topological polar surface area (TPSA) is 6.48 Å². The molecule has 0 aromatic heterocycles. The van der Waals surface area contributed by atoms with E-state index in [1.165, 1.54) is 213 Å². The van der Waals surface area contributed by atoms with E-state index < -0.39 is 0 Å². The van der Waals surface area contributed by atoms with Crippen LogP contribution in [0.1, 0.15) is 214 Å². The number of unbranched alkanes of at least 4 members (excludes halogenated alkanes) is 24. The molecule has 0 bridgehead atoms. The van der Waals surface area contributed by atoms with Gasteiger partial charge in [-0.1, -0.05) is 182 Å². The zero-order chi connectivity index (χ0) is 30.1. The first kappa shape index (κ1) is 40.9. The average Bonchev–Trinajstić information content (AvgIpc) is 2.97. The highest BCUT2D eigenvalue weighted by molar-refractivity contribution is 4.73. The largest absolute Gasteiger partial charge is 0.302 e. The SMILES string of the molecule is CCCCCCCCCN(CCCCCCCCC)CC(C)N(CCCCCCCCC)CCCCCCCCC. The molecule has 0 aliphatic rings. The Bertz CT molecular complexity index is 428. The van der Waals surface area contributed by atoms with E-state index in [9.17, 15) is 0 Å². The molecule has 41 heavy (non-hydrogen) atoms. The maximum absolute atomic E-state index is 2.90. The van der Waals surface area contributed by atoms with Gasteiger partial charge >= 0.3 is 0 Å². The van der Waals surface area contributed by atoms with Crippen molar-refractivity contribution >= 4 is 0 Å². The third-order valence-electron chi connectivity index (χ3n) is 9.40. The van der Waals surface area contributed by atoms with Gasteiger partial charge in [-0.25, -0.2) is 0 Å². The molecule has 0 rings (SSSR count). The minimum Gasteiger partial charge on any atom is -0.302 e. The van der Waals surface area contributed by atoms with Crippen LogP contribution in [0.4, 0.5) is 0 Å². The van der Waals surface area contributed by atoms with E-state index in [-0.39, 0.29) is 0 Å². The lowest BCUT2D eigenvalue weighted by Gasteiger charge is -2.34. The van der Waals surface area contributed by atoms with Crippen LogP contribution in [0.2, 0.25) is 0 Å². The molecule has 2 nitrogen and oxygen atoms in total. The Hall–Kier alpha value is -0.0800. The van der Waals surface area contributed by atoms with Crippen molar-refractivity contribution in [1.29, 1.82) is 0 Å². The average molecular weight is 579 g/mol. The fourth-order valence-corrected chi connectivity index (χ4v) is 6.47. The molecule has 0 heterocycles. The summed E-state index contributed by atoms with van der Waals surface area (Å²) in [6.45, 7) is 18.5. The fraction of sp³-hybridized carbons (Fsp3) is 1.00. The van der Waals surface area contributed by atoms with Crippen molar-refractivity contribution in [2.24, 2.45) is 0 Å². The second kappa shape index (κ2) is 34.4. The first-order valence-corrected chi connectivity index (χ1v) is 19.7. The van der Waals surface area contributed by atoms with Crippen LogP contribution < -0.4 is 0 Å². The molecule has 0 saturated heterocycles. The van der Waals surface area contributed by atoms with Crippen molar-refractivity contribution in [2.75, 3.05) is 32.7 Å². The molecule has 1 unspecified atom stereocenters. The van der Waals surface area contributed by atoms with Crippen LogP contribution in [0.5, 0.6) is 0 Å². The quantitative estimate of drug-likeness (QED) is 0.0690. The van der Waals surface area contributed by atoms with Crippen molar-refractivity contribution in [2.45, 2.75) is 220 Å². The van der Waals surface area contributed by atoms with Gasteiger partial charge < -0.3 is 4.90 Å². The highest BCUT2D eigenvalue weighted by atomic mass is 15.2. The Labute approximate surface area is 262 Å². The van der Waals surface area contributed by atoms with Gasteiger partial charge in [0, 0.05) is 12.6 Å². The first-order chi connectivity index (χ1) is 20.2. The standard InChI is InChI=1S/C39H82N2/c1-6-10-14-18-22-26-30-34-40(35-31-27-23-19-15-11-7-2)38-39(5)41(36-32-28-24-20-16-12-8-3)37-33-29-25-21-17-13-9-4/h39H,6-38H2,1-5H3. The van der Waals surface area contributed by atoms with E-state index in [2.05, 4.69) is 44.4 Å². The molecule has 0 aromatic carbocycles. The second-order valence-corrected chi connectivity index (χ2v) is 13.7. The highest BCUT2D eigenvalue weighted by Crippen LogP contribution is 2.15. The van der Waals surface area contributed by atoms with E-state index in [0.29, 0.717) is 6.04 Å². The molecule has 0 fully saturated rings. The minimum absolute atomic E-state index is 0.698. The van der Waals surface area contributed by atoms with Crippen LogP contribution in [0.15, 0.2) is 0 Å². The third-order valence-corrected chi connectivity index (χ3v) is 9.40. The minimum atomic E-state index is 0.698. The van der Waals surface area contributed by atoms with E-state index in [4.69, 9.17) is 0 Å². The molecule has 248 valence electrons. The fourth-order valence-electron chi connectivity index (χ4n) is 6.47. The number of hydrogen-bond acceptors (Lipinski definition) is 2. The Kier molecular flexibility index (Phi) is 34.3. The van der Waals surface area contributed by atoms with Crippen LogP contribution in [0.25, 0.3) is 0 Å². The number of nitrogens with zero attached hydrogens (tertiary/aromatic N) is 2. The molecular weight excluding hydrogens is 496 g/mol. The van der Waals surface area contributed by atoms with Gasteiger partial charge in [-0.15, -0.1) is 0 Å². The van der Waals surface area contributed by atoms with Crippen LogP contribution in [-0.4, -0.2) is 48.6 Å². The molecular formula is C39H82N2. The van der Waals surface area contributed by atoms with Crippen molar-refractivity contribution in [3.63, 3.8) is 0 Å². The van der Waals surface area contributed by atoms with Crippen molar-refractivity contribution < 1.29 is 0 Å². The van der Waals surface area contributed by atoms with Crippen LogP contribution in [0, 0.1) is 0 Å². The monoisotopic (exact) mass is 579 g/mol. The lowest BCUT2D eigenvalue weighted by Crippen LogP contribution is -2.44. The molecule has 0 saturated carbocycles. The summed E-state index contributed by atoms with van der Waals surface area (Å²) < 4.78 is 0. The molecule has 0 spiro atoms. The van der Waals surface area contributed by atoms with Crippen molar-refractivity contribution in [3.8, 4) is 0 Å². The predicted octanol–water partition coefficient (Wildman–Crippen LogP) is 13.0. The molecule has 0 radical (unpaired) electrons. The number of rotatable bonds is 35. The Balaban J connectivity index is 4.76. The van der Waals surface area contributed by atoms with Gasteiger partial charge in [0.05, 0.1) is 0 Å². The zero-order valence-electron chi connectivity index (χ0n) is 29.8. The Morgan fingerprint density at radius 1 is 0.317 bits per heavy atom. The molecule has 0 aliphatic heterocycles. The van der Waals surface area contributed by atoms with Gasteiger partial charge in [0.25, 0.3) is 0 Å². The predicted molar refractivity (Wildman–Crippen MR) is 189 cm³/mol. The second-order valence-electron chi connectivity index (χ2n) is 13.7. The van der Waals surface area contributed by atoms with Gasteiger partial charge in [-0.3, -0.25) is 4.90 Å². The maximum Gasteiger partial charge on any atom is 0.0194 e. The van der Waals surface area contributed by atoms with Crippen LogP contribution in [0.3, 0.4) is 0 Å². The maximum atomic E-state index is 2.90. The highest BCUT2D eigenvalue weighted by Gasteiger charge is 2.17. The molecule has 0 aromatic rings. The summed E-state index contributed by atoms with van der Waals surface area (Å²) in [7, 11) is 0.